The maximum absolute atomic E-state index is 8.58. The van der Waals surface area contributed by atoms with E-state index in [1.165, 1.54) is 0 Å². The van der Waals surface area contributed by atoms with E-state index in [1.54, 1.807) is 6.07 Å². The van der Waals surface area contributed by atoms with Gasteiger partial charge in [-0.05, 0) is 15.9 Å². The van der Waals surface area contributed by atoms with Crippen LogP contribution in [0.5, 0.6) is 5.88 Å². The number of hydrogen-bond donors (Lipinski definition) is 1. The SMILES string of the molecule is CCc1nc(Br)cc(OCCCO)n1. The van der Waals surface area contributed by atoms with Gasteiger partial charge in [-0.15, -0.1) is 0 Å². The van der Waals surface area contributed by atoms with Crippen LogP contribution in [0.25, 0.3) is 0 Å². The third-order valence-corrected chi connectivity index (χ3v) is 1.99. The number of rotatable bonds is 5. The van der Waals surface area contributed by atoms with Crippen LogP contribution in [0, 0.1) is 0 Å². The van der Waals surface area contributed by atoms with Crippen LogP contribution >= 0.6 is 15.9 Å². The minimum absolute atomic E-state index is 0.132. The first-order valence-electron chi connectivity index (χ1n) is 4.53. The predicted octanol–water partition coefficient (Wildman–Crippen LogP) is 1.56. The van der Waals surface area contributed by atoms with Gasteiger partial charge in [0.2, 0.25) is 5.88 Å². The minimum atomic E-state index is 0.132. The summed E-state index contributed by atoms with van der Waals surface area (Å²) in [5.74, 6) is 1.30. The molecule has 0 fully saturated rings. The van der Waals surface area contributed by atoms with Crippen LogP contribution in [0.3, 0.4) is 0 Å². The Labute approximate surface area is 91.5 Å². The van der Waals surface area contributed by atoms with Crippen molar-refractivity contribution in [3.63, 3.8) is 0 Å². The van der Waals surface area contributed by atoms with Crippen LogP contribution in [0.15, 0.2) is 10.7 Å². The number of ether oxygens (including phenoxy) is 1. The molecule has 0 spiro atoms. The maximum atomic E-state index is 8.58. The topological polar surface area (TPSA) is 55.2 Å². The summed E-state index contributed by atoms with van der Waals surface area (Å²) in [4.78, 5) is 8.34. The molecule has 0 aliphatic heterocycles. The Balaban J connectivity index is 2.62. The van der Waals surface area contributed by atoms with E-state index in [9.17, 15) is 0 Å². The van der Waals surface area contributed by atoms with Gasteiger partial charge in [0.05, 0.1) is 6.61 Å². The maximum Gasteiger partial charge on any atom is 0.217 e. The molecule has 1 aromatic rings. The van der Waals surface area contributed by atoms with Gasteiger partial charge >= 0.3 is 0 Å². The molecule has 0 aromatic carbocycles. The van der Waals surface area contributed by atoms with E-state index in [4.69, 9.17) is 9.84 Å². The fourth-order valence-electron chi connectivity index (χ4n) is 0.915. The number of nitrogens with zero attached hydrogens (tertiary/aromatic N) is 2. The lowest BCUT2D eigenvalue weighted by Crippen LogP contribution is -2.03. The van der Waals surface area contributed by atoms with Crippen LogP contribution in [0.1, 0.15) is 19.2 Å². The van der Waals surface area contributed by atoms with Crippen molar-refractivity contribution in [1.29, 1.82) is 0 Å². The molecule has 0 aliphatic rings. The van der Waals surface area contributed by atoms with Crippen LogP contribution in [0.4, 0.5) is 0 Å². The highest BCUT2D eigenvalue weighted by Crippen LogP contribution is 2.14. The lowest BCUT2D eigenvalue weighted by atomic mass is 10.4. The van der Waals surface area contributed by atoms with Crippen LogP contribution in [0.2, 0.25) is 0 Å². The molecule has 78 valence electrons. The molecule has 0 saturated heterocycles. The molecular weight excluding hydrogens is 248 g/mol. The fraction of sp³-hybridized carbons (Fsp3) is 0.556. The fourth-order valence-corrected chi connectivity index (χ4v) is 1.32. The van der Waals surface area contributed by atoms with Gasteiger partial charge in [-0.1, -0.05) is 6.92 Å². The molecule has 0 radical (unpaired) electrons. The number of hydrogen-bond acceptors (Lipinski definition) is 4. The zero-order valence-corrected chi connectivity index (χ0v) is 9.62. The Morgan fingerprint density at radius 2 is 2.29 bits per heavy atom. The lowest BCUT2D eigenvalue weighted by molar-refractivity contribution is 0.228. The molecule has 14 heavy (non-hydrogen) atoms. The summed E-state index contributed by atoms with van der Waals surface area (Å²) < 4.78 is 6.05. The number of aliphatic hydroxyl groups is 1. The third kappa shape index (κ3) is 3.59. The van der Waals surface area contributed by atoms with Crippen molar-refractivity contribution in [1.82, 2.24) is 9.97 Å². The van der Waals surface area contributed by atoms with Crippen molar-refractivity contribution in [3.05, 3.63) is 16.5 Å². The van der Waals surface area contributed by atoms with Gasteiger partial charge in [-0.3, -0.25) is 0 Å². The van der Waals surface area contributed by atoms with E-state index in [1.807, 2.05) is 6.92 Å². The van der Waals surface area contributed by atoms with Crippen LogP contribution in [-0.4, -0.2) is 28.3 Å². The van der Waals surface area contributed by atoms with Gasteiger partial charge in [0.1, 0.15) is 10.4 Å². The molecule has 5 heteroatoms. The molecule has 1 heterocycles. The van der Waals surface area contributed by atoms with E-state index >= 15 is 0 Å². The predicted molar refractivity (Wildman–Crippen MR) is 56.3 cm³/mol. The van der Waals surface area contributed by atoms with Crippen molar-refractivity contribution in [2.75, 3.05) is 13.2 Å². The minimum Gasteiger partial charge on any atom is -0.477 e. The summed E-state index contributed by atoms with van der Waals surface area (Å²) in [6, 6.07) is 1.72. The summed E-state index contributed by atoms with van der Waals surface area (Å²) in [6.07, 6.45) is 1.39. The average molecular weight is 261 g/mol. The second-order valence-electron chi connectivity index (χ2n) is 2.72. The van der Waals surface area contributed by atoms with E-state index < -0.39 is 0 Å². The van der Waals surface area contributed by atoms with Gasteiger partial charge in [0.15, 0.2) is 0 Å². The first-order chi connectivity index (χ1) is 6.76. The Morgan fingerprint density at radius 3 is 2.93 bits per heavy atom. The molecule has 0 aliphatic carbocycles. The van der Waals surface area contributed by atoms with Gasteiger partial charge in [-0.25, -0.2) is 4.98 Å². The van der Waals surface area contributed by atoms with E-state index in [-0.39, 0.29) is 6.61 Å². The summed E-state index contributed by atoms with van der Waals surface area (Å²) in [5.41, 5.74) is 0. The number of halogens is 1. The molecule has 1 aromatic heterocycles. The van der Waals surface area contributed by atoms with E-state index in [2.05, 4.69) is 25.9 Å². The summed E-state index contributed by atoms with van der Waals surface area (Å²) in [7, 11) is 0. The number of aliphatic hydroxyl groups excluding tert-OH is 1. The Hall–Kier alpha value is -0.680. The zero-order valence-electron chi connectivity index (χ0n) is 8.03. The summed E-state index contributed by atoms with van der Waals surface area (Å²) in [6.45, 7) is 2.59. The lowest BCUT2D eigenvalue weighted by Gasteiger charge is -2.05. The van der Waals surface area contributed by atoms with E-state index in [0.717, 1.165) is 16.8 Å². The van der Waals surface area contributed by atoms with Gasteiger partial charge in [0.25, 0.3) is 0 Å². The third-order valence-electron chi connectivity index (χ3n) is 1.59. The molecule has 0 amide bonds. The normalized spacial score (nSPS) is 10.2. The Bertz CT molecular complexity index is 294. The standard InChI is InChI=1S/C9H13BrN2O2/c1-2-8-11-7(10)6-9(12-8)14-5-3-4-13/h6,13H,2-5H2,1H3. The quantitative estimate of drug-likeness (QED) is 0.645. The van der Waals surface area contributed by atoms with E-state index in [0.29, 0.717) is 18.9 Å². The zero-order chi connectivity index (χ0) is 10.4. The highest BCUT2D eigenvalue weighted by atomic mass is 79.9. The van der Waals surface area contributed by atoms with Crippen molar-refractivity contribution in [3.8, 4) is 5.88 Å². The average Bonchev–Trinajstić information content (AvgIpc) is 2.17. The van der Waals surface area contributed by atoms with Crippen molar-refractivity contribution >= 4 is 15.9 Å². The number of aryl methyl sites for hydroxylation is 1. The highest BCUT2D eigenvalue weighted by molar-refractivity contribution is 9.10. The molecular formula is C9H13BrN2O2. The first kappa shape index (κ1) is 11.4. The molecule has 0 atom stereocenters. The summed E-state index contributed by atoms with van der Waals surface area (Å²) in [5, 5.41) is 8.58. The molecule has 0 saturated carbocycles. The summed E-state index contributed by atoms with van der Waals surface area (Å²) >= 11 is 3.28. The van der Waals surface area contributed by atoms with Gasteiger partial charge in [-0.2, -0.15) is 4.98 Å². The van der Waals surface area contributed by atoms with Gasteiger partial charge in [0, 0.05) is 25.5 Å². The van der Waals surface area contributed by atoms with Gasteiger partial charge < -0.3 is 9.84 Å². The Morgan fingerprint density at radius 1 is 1.50 bits per heavy atom. The molecule has 0 unspecified atom stereocenters. The molecule has 0 bridgehead atoms. The second kappa shape index (κ2) is 5.93. The Kier molecular flexibility index (Phi) is 4.82. The van der Waals surface area contributed by atoms with Crippen molar-refractivity contribution in [2.24, 2.45) is 0 Å². The molecule has 1 N–H and O–H groups in total. The molecule has 4 nitrogen and oxygen atoms in total. The monoisotopic (exact) mass is 260 g/mol. The van der Waals surface area contributed by atoms with Crippen molar-refractivity contribution in [2.45, 2.75) is 19.8 Å². The molecule has 1 rings (SSSR count). The van der Waals surface area contributed by atoms with Crippen molar-refractivity contribution < 1.29 is 9.84 Å². The smallest absolute Gasteiger partial charge is 0.217 e. The largest absolute Gasteiger partial charge is 0.477 e. The van der Waals surface area contributed by atoms with Crippen LogP contribution < -0.4 is 4.74 Å². The first-order valence-corrected chi connectivity index (χ1v) is 5.32. The second-order valence-corrected chi connectivity index (χ2v) is 3.54. The highest BCUT2D eigenvalue weighted by Gasteiger charge is 2.01. The number of aromatic nitrogens is 2. The van der Waals surface area contributed by atoms with Crippen LogP contribution in [-0.2, 0) is 6.42 Å².